The highest BCUT2D eigenvalue weighted by Gasteiger charge is 2.11. The average Bonchev–Trinajstić information content (AvgIpc) is 2.59. The molecule has 0 fully saturated rings. The summed E-state index contributed by atoms with van der Waals surface area (Å²) < 4.78 is 7.10. The molecule has 0 radical (unpaired) electrons. The van der Waals surface area contributed by atoms with Gasteiger partial charge in [0.2, 0.25) is 0 Å². The van der Waals surface area contributed by atoms with Crippen LogP contribution in [0.15, 0.2) is 32.7 Å². The van der Waals surface area contributed by atoms with E-state index in [0.717, 1.165) is 24.7 Å². The number of ether oxygens (including phenoxy) is 1. The van der Waals surface area contributed by atoms with Gasteiger partial charge in [0.1, 0.15) is 19.1 Å². The molecule has 0 unspecified atom stereocenters. The number of aromatic nitrogens is 1. The zero-order valence-electron chi connectivity index (χ0n) is 7.83. The quantitative estimate of drug-likeness (QED) is 0.805. The van der Waals surface area contributed by atoms with Gasteiger partial charge in [0, 0.05) is 0 Å². The van der Waals surface area contributed by atoms with Crippen molar-refractivity contribution in [3.05, 3.63) is 32.7 Å². The molecule has 1 heterocycles. The first-order chi connectivity index (χ1) is 7.22. The zero-order valence-corrected chi connectivity index (χ0v) is 11.8. The van der Waals surface area contributed by atoms with Gasteiger partial charge >= 0.3 is 0 Å². The van der Waals surface area contributed by atoms with Crippen molar-refractivity contribution < 1.29 is 4.74 Å². The van der Waals surface area contributed by atoms with Crippen molar-refractivity contribution in [2.24, 2.45) is 0 Å². The number of thiazole rings is 1. The number of para-hydroxylation sites is 1. The Morgan fingerprint density at radius 2 is 2.00 bits per heavy atom. The summed E-state index contributed by atoms with van der Waals surface area (Å²) in [5, 5.41) is 0.936. The Kier molecular flexibility index (Phi) is 3.43. The van der Waals surface area contributed by atoms with Crippen LogP contribution in [0.3, 0.4) is 0 Å². The Labute approximate surface area is 109 Å². The molecule has 0 aliphatic carbocycles. The maximum Gasteiger partial charge on any atom is 0.132 e. The fourth-order valence-corrected chi connectivity index (χ4v) is 3.02. The summed E-state index contributed by atoms with van der Waals surface area (Å²) >= 11 is 8.38. The first-order valence-electron chi connectivity index (χ1n) is 4.17. The van der Waals surface area contributed by atoms with E-state index in [1.807, 2.05) is 24.3 Å². The Bertz CT molecular complexity index is 465. The number of nitrogens with zero attached hydrogens (tertiary/aromatic N) is 1. The third-order valence-electron chi connectivity index (χ3n) is 1.89. The van der Waals surface area contributed by atoms with Crippen LogP contribution in [-0.2, 0) is 0 Å². The molecule has 5 heteroatoms. The van der Waals surface area contributed by atoms with Crippen LogP contribution in [0, 0.1) is 0 Å². The van der Waals surface area contributed by atoms with Crippen LogP contribution in [0.2, 0.25) is 0 Å². The van der Waals surface area contributed by atoms with Gasteiger partial charge in [-0.3, -0.25) is 0 Å². The minimum atomic E-state index is 0.827. The van der Waals surface area contributed by atoms with Gasteiger partial charge in [0.05, 0.1) is 12.7 Å². The molecule has 0 atom stereocenters. The number of hydrogen-bond acceptors (Lipinski definition) is 3. The summed E-state index contributed by atoms with van der Waals surface area (Å²) in [6, 6.07) is 7.84. The smallest absolute Gasteiger partial charge is 0.132 e. The molecule has 1 aromatic heterocycles. The van der Waals surface area contributed by atoms with E-state index >= 15 is 0 Å². The number of methoxy groups -OCH3 is 1. The number of benzene rings is 1. The fourth-order valence-electron chi connectivity index (χ4n) is 1.22. The molecule has 2 nitrogen and oxygen atoms in total. The van der Waals surface area contributed by atoms with E-state index in [1.54, 1.807) is 18.4 Å². The predicted molar refractivity (Wildman–Crippen MR) is 69.5 cm³/mol. The second kappa shape index (κ2) is 4.63. The lowest BCUT2D eigenvalue weighted by atomic mass is 10.2. The van der Waals surface area contributed by atoms with Crippen LogP contribution in [0.5, 0.6) is 5.75 Å². The molecule has 0 amide bonds. The van der Waals surface area contributed by atoms with Crippen molar-refractivity contribution in [3.8, 4) is 16.3 Å². The van der Waals surface area contributed by atoms with E-state index in [4.69, 9.17) is 4.74 Å². The second-order valence-corrected chi connectivity index (χ2v) is 5.85. The van der Waals surface area contributed by atoms with E-state index in [2.05, 4.69) is 36.8 Å². The maximum absolute atomic E-state index is 5.28. The van der Waals surface area contributed by atoms with Gasteiger partial charge in [-0.05, 0) is 44.0 Å². The standard InChI is InChI=1S/C10H7Br2NOS/c1-14-7-5-3-2-4-6(7)10-13-8(11)9(12)15-10/h2-5H,1H3. The van der Waals surface area contributed by atoms with Crippen LogP contribution in [-0.4, -0.2) is 12.1 Å². The minimum absolute atomic E-state index is 0.827. The molecule has 0 bridgehead atoms. The van der Waals surface area contributed by atoms with E-state index in [-0.39, 0.29) is 0 Å². The van der Waals surface area contributed by atoms with Crippen molar-refractivity contribution in [2.75, 3.05) is 7.11 Å². The highest BCUT2D eigenvalue weighted by molar-refractivity contribution is 9.13. The highest BCUT2D eigenvalue weighted by atomic mass is 79.9. The SMILES string of the molecule is COc1ccccc1-c1nc(Br)c(Br)s1. The van der Waals surface area contributed by atoms with Crippen molar-refractivity contribution >= 4 is 43.2 Å². The molecule has 15 heavy (non-hydrogen) atoms. The predicted octanol–water partition coefficient (Wildman–Crippen LogP) is 4.34. The molecule has 0 N–H and O–H groups in total. The molecule has 2 rings (SSSR count). The van der Waals surface area contributed by atoms with Gasteiger partial charge in [0.15, 0.2) is 0 Å². The number of rotatable bonds is 2. The van der Waals surface area contributed by atoms with Crippen molar-refractivity contribution in [2.45, 2.75) is 0 Å². The molecule has 0 saturated carbocycles. The highest BCUT2D eigenvalue weighted by Crippen LogP contribution is 2.38. The van der Waals surface area contributed by atoms with E-state index in [1.165, 1.54) is 0 Å². The summed E-state index contributed by atoms with van der Waals surface area (Å²) in [5.74, 6) is 0.839. The molecule has 1 aromatic carbocycles. The fraction of sp³-hybridized carbons (Fsp3) is 0.100. The Morgan fingerprint density at radius 1 is 1.27 bits per heavy atom. The van der Waals surface area contributed by atoms with Crippen LogP contribution in [0.1, 0.15) is 0 Å². The van der Waals surface area contributed by atoms with Crippen LogP contribution < -0.4 is 4.74 Å². The summed E-state index contributed by atoms with van der Waals surface area (Å²) in [6.45, 7) is 0. The zero-order chi connectivity index (χ0) is 10.8. The summed E-state index contributed by atoms with van der Waals surface area (Å²) in [4.78, 5) is 4.40. The molecule has 78 valence electrons. The number of hydrogen-bond donors (Lipinski definition) is 0. The van der Waals surface area contributed by atoms with Gasteiger partial charge < -0.3 is 4.74 Å². The first-order valence-corrected chi connectivity index (χ1v) is 6.58. The summed E-state index contributed by atoms with van der Waals surface area (Å²) in [7, 11) is 1.66. The summed E-state index contributed by atoms with van der Waals surface area (Å²) in [5.41, 5.74) is 1.01. The third kappa shape index (κ3) is 2.24. The largest absolute Gasteiger partial charge is 0.496 e. The van der Waals surface area contributed by atoms with Crippen LogP contribution >= 0.6 is 43.2 Å². The van der Waals surface area contributed by atoms with Crippen LogP contribution in [0.25, 0.3) is 10.6 Å². The molecular weight excluding hydrogens is 342 g/mol. The lowest BCUT2D eigenvalue weighted by Gasteiger charge is -2.04. The molecule has 0 saturated heterocycles. The van der Waals surface area contributed by atoms with Gasteiger partial charge in [-0.15, -0.1) is 11.3 Å². The van der Waals surface area contributed by atoms with Gasteiger partial charge in [-0.25, -0.2) is 4.98 Å². The van der Waals surface area contributed by atoms with Crippen molar-refractivity contribution in [3.63, 3.8) is 0 Å². The van der Waals surface area contributed by atoms with E-state index in [9.17, 15) is 0 Å². The molecule has 0 aliphatic heterocycles. The third-order valence-corrected chi connectivity index (χ3v) is 4.99. The Morgan fingerprint density at radius 3 is 2.60 bits per heavy atom. The van der Waals surface area contributed by atoms with Crippen molar-refractivity contribution in [1.29, 1.82) is 0 Å². The minimum Gasteiger partial charge on any atom is -0.496 e. The lowest BCUT2D eigenvalue weighted by molar-refractivity contribution is 0.416. The van der Waals surface area contributed by atoms with Gasteiger partial charge in [0.25, 0.3) is 0 Å². The van der Waals surface area contributed by atoms with E-state index < -0.39 is 0 Å². The lowest BCUT2D eigenvalue weighted by Crippen LogP contribution is -1.86. The monoisotopic (exact) mass is 347 g/mol. The topological polar surface area (TPSA) is 22.1 Å². The van der Waals surface area contributed by atoms with Gasteiger partial charge in [-0.2, -0.15) is 0 Å². The number of halogens is 2. The maximum atomic E-state index is 5.28. The van der Waals surface area contributed by atoms with E-state index in [0.29, 0.717) is 0 Å². The normalized spacial score (nSPS) is 10.3. The Hall–Kier alpha value is -0.390. The summed E-state index contributed by atoms with van der Waals surface area (Å²) in [6.07, 6.45) is 0. The molecule has 2 aromatic rings. The van der Waals surface area contributed by atoms with Gasteiger partial charge in [-0.1, -0.05) is 12.1 Å². The molecule has 0 aliphatic rings. The average molecular weight is 349 g/mol. The first kappa shape index (κ1) is 11.1. The second-order valence-electron chi connectivity index (χ2n) is 2.78. The van der Waals surface area contributed by atoms with Crippen molar-refractivity contribution in [1.82, 2.24) is 4.98 Å². The van der Waals surface area contributed by atoms with Crippen LogP contribution in [0.4, 0.5) is 0 Å². The molecule has 0 spiro atoms. The Balaban J connectivity index is 2.53. The molecular formula is C10H7Br2NOS.